The van der Waals surface area contributed by atoms with Gasteiger partial charge >= 0.3 is 0 Å². The molecule has 1 aliphatic rings. The van der Waals surface area contributed by atoms with Gasteiger partial charge in [-0.25, -0.2) is 4.39 Å². The zero-order chi connectivity index (χ0) is 11.2. The van der Waals surface area contributed by atoms with Gasteiger partial charge < -0.3 is 5.32 Å². The Labute approximate surface area is 96.4 Å². The predicted octanol–water partition coefficient (Wildman–Crippen LogP) is 3.57. The molecular weight excluding hydrogens is 201 g/mol. The minimum atomic E-state index is 0.0634. The highest BCUT2D eigenvalue weighted by Gasteiger charge is 2.11. The standard InChI is InChI=1S/C14H18FN/c15-14(13-8-4-5-9-13)11-16-10-12-6-2-1-3-7-12/h1-3,6-7,16H,4-5,8-11H2. The maximum Gasteiger partial charge on any atom is 0.113 e. The van der Waals surface area contributed by atoms with E-state index in [-0.39, 0.29) is 5.83 Å². The van der Waals surface area contributed by atoms with Crippen LogP contribution in [0.5, 0.6) is 0 Å². The molecule has 0 atom stereocenters. The normalized spacial score (nSPS) is 15.4. The third-order valence-electron chi connectivity index (χ3n) is 3.04. The van der Waals surface area contributed by atoms with E-state index < -0.39 is 0 Å². The van der Waals surface area contributed by atoms with E-state index in [0.29, 0.717) is 6.54 Å². The Morgan fingerprint density at radius 3 is 2.50 bits per heavy atom. The second-order valence-corrected chi connectivity index (χ2v) is 4.30. The molecule has 0 saturated heterocycles. The molecule has 0 aromatic heterocycles. The van der Waals surface area contributed by atoms with Crippen molar-refractivity contribution in [2.24, 2.45) is 0 Å². The fourth-order valence-corrected chi connectivity index (χ4v) is 2.11. The summed E-state index contributed by atoms with van der Waals surface area (Å²) >= 11 is 0. The van der Waals surface area contributed by atoms with Gasteiger partial charge in [-0.3, -0.25) is 0 Å². The summed E-state index contributed by atoms with van der Waals surface area (Å²) in [4.78, 5) is 0. The van der Waals surface area contributed by atoms with Crippen molar-refractivity contribution in [3.05, 3.63) is 47.3 Å². The van der Waals surface area contributed by atoms with Gasteiger partial charge in [-0.2, -0.15) is 0 Å². The van der Waals surface area contributed by atoms with Gasteiger partial charge in [-0.1, -0.05) is 30.3 Å². The second-order valence-electron chi connectivity index (χ2n) is 4.30. The van der Waals surface area contributed by atoms with Crippen LogP contribution in [-0.2, 0) is 6.54 Å². The maximum absolute atomic E-state index is 13.6. The molecule has 1 aromatic carbocycles. The van der Waals surface area contributed by atoms with E-state index in [0.717, 1.165) is 37.8 Å². The van der Waals surface area contributed by atoms with Crippen molar-refractivity contribution in [3.8, 4) is 0 Å². The minimum Gasteiger partial charge on any atom is -0.306 e. The quantitative estimate of drug-likeness (QED) is 0.816. The number of hydrogen-bond acceptors (Lipinski definition) is 1. The molecule has 16 heavy (non-hydrogen) atoms. The van der Waals surface area contributed by atoms with Crippen LogP contribution < -0.4 is 5.32 Å². The fraction of sp³-hybridized carbons (Fsp3) is 0.429. The van der Waals surface area contributed by atoms with Crippen molar-refractivity contribution >= 4 is 0 Å². The first kappa shape index (κ1) is 11.3. The first-order valence-corrected chi connectivity index (χ1v) is 5.97. The fourth-order valence-electron chi connectivity index (χ4n) is 2.11. The number of halogens is 1. The molecule has 0 aliphatic heterocycles. The Hall–Kier alpha value is -1.15. The van der Waals surface area contributed by atoms with E-state index in [2.05, 4.69) is 5.32 Å². The summed E-state index contributed by atoms with van der Waals surface area (Å²) in [7, 11) is 0. The monoisotopic (exact) mass is 219 g/mol. The van der Waals surface area contributed by atoms with Gasteiger partial charge in [-0.05, 0) is 36.8 Å². The van der Waals surface area contributed by atoms with E-state index in [1.807, 2.05) is 30.3 Å². The molecule has 0 spiro atoms. The number of allylic oxidation sites excluding steroid dienone is 1. The molecule has 1 N–H and O–H groups in total. The number of benzene rings is 1. The van der Waals surface area contributed by atoms with Crippen LogP contribution >= 0.6 is 0 Å². The van der Waals surface area contributed by atoms with Gasteiger partial charge in [-0.15, -0.1) is 0 Å². The van der Waals surface area contributed by atoms with Crippen molar-refractivity contribution in [1.82, 2.24) is 5.32 Å². The highest BCUT2D eigenvalue weighted by molar-refractivity contribution is 5.15. The molecule has 2 heteroatoms. The topological polar surface area (TPSA) is 12.0 Å². The summed E-state index contributed by atoms with van der Waals surface area (Å²) in [6.07, 6.45) is 4.22. The Kier molecular flexibility index (Phi) is 4.11. The Morgan fingerprint density at radius 2 is 1.81 bits per heavy atom. The lowest BCUT2D eigenvalue weighted by atomic mass is 10.2. The van der Waals surface area contributed by atoms with Crippen LogP contribution in [0.4, 0.5) is 4.39 Å². The molecule has 1 nitrogen and oxygen atoms in total. The van der Waals surface area contributed by atoms with E-state index >= 15 is 0 Å². The molecule has 86 valence electrons. The van der Waals surface area contributed by atoms with Crippen molar-refractivity contribution in [3.63, 3.8) is 0 Å². The third kappa shape index (κ3) is 3.17. The zero-order valence-electron chi connectivity index (χ0n) is 9.51. The highest BCUT2D eigenvalue weighted by Crippen LogP contribution is 2.27. The molecule has 1 aliphatic carbocycles. The number of nitrogens with one attached hydrogen (secondary N) is 1. The van der Waals surface area contributed by atoms with Gasteiger partial charge in [0.15, 0.2) is 0 Å². The molecule has 0 bridgehead atoms. The highest BCUT2D eigenvalue weighted by atomic mass is 19.1. The molecular formula is C14H18FN. The first-order valence-electron chi connectivity index (χ1n) is 5.97. The molecule has 0 amide bonds. The lowest BCUT2D eigenvalue weighted by Crippen LogP contribution is -2.15. The third-order valence-corrected chi connectivity index (χ3v) is 3.04. The van der Waals surface area contributed by atoms with Gasteiger partial charge in [0.25, 0.3) is 0 Å². The molecule has 1 saturated carbocycles. The predicted molar refractivity (Wildman–Crippen MR) is 64.8 cm³/mol. The summed E-state index contributed by atoms with van der Waals surface area (Å²) in [5.41, 5.74) is 2.23. The smallest absolute Gasteiger partial charge is 0.113 e. The Balaban J connectivity index is 1.78. The van der Waals surface area contributed by atoms with Crippen molar-refractivity contribution in [2.45, 2.75) is 32.2 Å². The van der Waals surface area contributed by atoms with Gasteiger partial charge in [0, 0.05) is 13.1 Å². The molecule has 1 aromatic rings. The average molecular weight is 219 g/mol. The first-order chi connectivity index (χ1) is 7.86. The van der Waals surface area contributed by atoms with Crippen LogP contribution in [0.15, 0.2) is 41.7 Å². The number of hydrogen-bond donors (Lipinski definition) is 1. The van der Waals surface area contributed by atoms with Crippen molar-refractivity contribution < 1.29 is 4.39 Å². The summed E-state index contributed by atoms with van der Waals surface area (Å²) in [6.45, 7) is 1.12. The molecule has 0 heterocycles. The van der Waals surface area contributed by atoms with E-state index in [1.54, 1.807) is 0 Å². The van der Waals surface area contributed by atoms with Gasteiger partial charge in [0.05, 0.1) is 0 Å². The Bertz CT molecular complexity index is 348. The van der Waals surface area contributed by atoms with Crippen molar-refractivity contribution in [2.75, 3.05) is 6.54 Å². The van der Waals surface area contributed by atoms with Crippen LogP contribution in [-0.4, -0.2) is 6.54 Å². The summed E-state index contributed by atoms with van der Waals surface area (Å²) < 4.78 is 13.6. The SMILES string of the molecule is FC(CNCc1ccccc1)=C1CCCC1. The van der Waals surface area contributed by atoms with Crippen LogP contribution in [0.2, 0.25) is 0 Å². The van der Waals surface area contributed by atoms with E-state index in [4.69, 9.17) is 0 Å². The van der Waals surface area contributed by atoms with Crippen LogP contribution in [0.1, 0.15) is 31.2 Å². The largest absolute Gasteiger partial charge is 0.306 e. The zero-order valence-corrected chi connectivity index (χ0v) is 9.51. The van der Waals surface area contributed by atoms with Gasteiger partial charge in [0.2, 0.25) is 0 Å². The summed E-state index contributed by atoms with van der Waals surface area (Å²) in [6, 6.07) is 10.1. The summed E-state index contributed by atoms with van der Waals surface area (Å²) in [5, 5.41) is 3.15. The van der Waals surface area contributed by atoms with Crippen molar-refractivity contribution in [1.29, 1.82) is 0 Å². The lowest BCUT2D eigenvalue weighted by molar-refractivity contribution is 0.555. The minimum absolute atomic E-state index is 0.0634. The molecule has 2 rings (SSSR count). The van der Waals surface area contributed by atoms with Gasteiger partial charge in [0.1, 0.15) is 5.83 Å². The number of rotatable bonds is 4. The second kappa shape index (κ2) is 5.80. The molecule has 0 radical (unpaired) electrons. The van der Waals surface area contributed by atoms with Crippen LogP contribution in [0, 0.1) is 0 Å². The Morgan fingerprint density at radius 1 is 1.12 bits per heavy atom. The van der Waals surface area contributed by atoms with E-state index in [1.165, 1.54) is 5.56 Å². The average Bonchev–Trinajstić information content (AvgIpc) is 2.84. The van der Waals surface area contributed by atoms with E-state index in [9.17, 15) is 4.39 Å². The van der Waals surface area contributed by atoms with Crippen LogP contribution in [0.25, 0.3) is 0 Å². The lowest BCUT2D eigenvalue weighted by Gasteiger charge is -2.05. The molecule has 0 unspecified atom stereocenters. The van der Waals surface area contributed by atoms with Crippen LogP contribution in [0.3, 0.4) is 0 Å². The summed E-state index contributed by atoms with van der Waals surface area (Å²) in [5.74, 6) is 0.0634. The maximum atomic E-state index is 13.6. The molecule has 1 fully saturated rings.